The van der Waals surface area contributed by atoms with E-state index in [4.69, 9.17) is 18.5 Å². The van der Waals surface area contributed by atoms with Gasteiger partial charge in [0.15, 0.2) is 6.10 Å². The molecule has 10 heteroatoms. The molecule has 0 amide bonds. The largest absolute Gasteiger partial charge is 0.756 e. The van der Waals surface area contributed by atoms with Gasteiger partial charge in [0.2, 0.25) is 0 Å². The van der Waals surface area contributed by atoms with Crippen molar-refractivity contribution in [2.75, 3.05) is 47.5 Å². The Morgan fingerprint density at radius 3 is 0.833 bits per heavy atom. The molecule has 0 radical (unpaired) electrons. The van der Waals surface area contributed by atoms with Gasteiger partial charge >= 0.3 is 11.9 Å². The second-order valence-electron chi connectivity index (χ2n) is 24.8. The summed E-state index contributed by atoms with van der Waals surface area (Å²) in [4.78, 5) is 38.1. The third-order valence-corrected chi connectivity index (χ3v) is 15.6. The van der Waals surface area contributed by atoms with Crippen molar-refractivity contribution in [1.29, 1.82) is 0 Å². The predicted octanol–water partition coefficient (Wildman–Crippen LogP) is 24.3. The molecule has 0 bridgehead atoms. The highest BCUT2D eigenvalue weighted by Crippen LogP contribution is 2.38. The quantitative estimate of drug-likeness (QED) is 0.0195. The fraction of sp³-hybridized carbons (Fsp3) is 0.535. The number of carbonyl (C=O) groups is 2. The maximum atomic E-state index is 12.9. The van der Waals surface area contributed by atoms with Crippen LogP contribution in [0.2, 0.25) is 0 Å². The average molecular weight is 1340 g/mol. The number of phosphoric ester groups is 1. The number of hydrogen-bond donors (Lipinski definition) is 0. The van der Waals surface area contributed by atoms with E-state index in [0.29, 0.717) is 23.9 Å². The number of quaternary nitrogens is 1. The predicted molar refractivity (Wildman–Crippen MR) is 414 cm³/mol. The lowest BCUT2D eigenvalue weighted by Crippen LogP contribution is -2.37. The van der Waals surface area contributed by atoms with Gasteiger partial charge in [0.05, 0.1) is 27.7 Å². The van der Waals surface area contributed by atoms with Gasteiger partial charge in [-0.1, -0.05) is 303 Å². The van der Waals surface area contributed by atoms with E-state index < -0.39 is 32.5 Å². The van der Waals surface area contributed by atoms with E-state index in [1.54, 1.807) is 0 Å². The Bertz CT molecular complexity index is 2480. The van der Waals surface area contributed by atoms with Gasteiger partial charge in [-0.15, -0.1) is 0 Å². The molecule has 0 heterocycles. The summed E-state index contributed by atoms with van der Waals surface area (Å²) in [7, 11) is 1.12. The molecule has 0 fully saturated rings. The van der Waals surface area contributed by atoms with E-state index >= 15 is 0 Å². The van der Waals surface area contributed by atoms with Gasteiger partial charge in [-0.2, -0.15) is 0 Å². The molecule has 0 aromatic heterocycles. The first-order chi connectivity index (χ1) is 47.0. The van der Waals surface area contributed by atoms with Gasteiger partial charge < -0.3 is 27.9 Å². The minimum absolute atomic E-state index is 0.0489. The molecular formula is C86H134NO8P. The van der Waals surface area contributed by atoms with Crippen LogP contribution in [0, 0.1) is 0 Å². The van der Waals surface area contributed by atoms with E-state index in [1.165, 1.54) is 12.8 Å². The normalized spacial score (nSPS) is 14.4. The van der Waals surface area contributed by atoms with Crippen molar-refractivity contribution in [1.82, 2.24) is 0 Å². The zero-order chi connectivity index (χ0) is 69.7. The lowest BCUT2D eigenvalue weighted by Gasteiger charge is -2.28. The van der Waals surface area contributed by atoms with Crippen molar-refractivity contribution < 1.29 is 42.1 Å². The Kier molecular flexibility index (Phi) is 68.8. The molecule has 2 unspecified atom stereocenters. The lowest BCUT2D eigenvalue weighted by molar-refractivity contribution is -0.870. The van der Waals surface area contributed by atoms with Gasteiger partial charge in [0.25, 0.3) is 7.82 Å². The van der Waals surface area contributed by atoms with E-state index in [2.05, 4.69) is 245 Å². The van der Waals surface area contributed by atoms with Crippen molar-refractivity contribution in [3.63, 3.8) is 0 Å². The number of carbonyl (C=O) groups excluding carboxylic acids is 2. The van der Waals surface area contributed by atoms with Gasteiger partial charge in [-0.3, -0.25) is 14.2 Å². The van der Waals surface area contributed by atoms with Gasteiger partial charge in [-0.25, -0.2) is 0 Å². The Morgan fingerprint density at radius 2 is 0.562 bits per heavy atom. The molecule has 0 aliphatic carbocycles. The van der Waals surface area contributed by atoms with Crippen LogP contribution >= 0.6 is 7.82 Å². The molecule has 536 valence electrons. The maximum absolute atomic E-state index is 12.9. The van der Waals surface area contributed by atoms with Crippen LogP contribution in [0.4, 0.5) is 0 Å². The number of unbranched alkanes of at least 4 members (excludes halogenated alkanes) is 13. The van der Waals surface area contributed by atoms with Crippen molar-refractivity contribution >= 4 is 19.8 Å². The number of phosphoric acid groups is 1. The van der Waals surface area contributed by atoms with Crippen LogP contribution in [-0.4, -0.2) is 70.0 Å². The summed E-state index contributed by atoms with van der Waals surface area (Å²) in [5.74, 6) is -0.881. The molecule has 0 N–H and O–H groups in total. The number of ether oxygens (including phenoxy) is 2. The molecule has 96 heavy (non-hydrogen) atoms. The molecule has 0 aliphatic rings. The molecule has 0 saturated carbocycles. The summed E-state index contributed by atoms with van der Waals surface area (Å²) in [6.45, 7) is 3.95. The molecule has 0 aliphatic heterocycles. The molecular weight excluding hydrogens is 1210 g/mol. The van der Waals surface area contributed by atoms with Gasteiger partial charge in [0, 0.05) is 12.8 Å². The standard InChI is InChI=1S/C86H134NO8P/c1-6-8-10-12-14-16-18-20-22-24-26-28-30-32-34-36-38-39-40-41-42-43-44-45-46-47-49-51-53-55-57-59-61-63-65-67-69-71-73-75-77-79-86(89)95-84(83-94-96(90,91)93-81-80-87(3,4)5)82-92-85(88)78-76-74-72-70-68-66-64-62-60-58-56-54-52-50-48-37-35-33-31-29-27-25-23-21-19-17-15-13-11-9-7-2/h8-11,14-17,20-23,26-29,32-35,38-39,41-42,44-45,47-50,53-56,59-62,84H,6-7,12-13,18-19,24-25,30-31,36-37,40,43,46,51-52,57-58,63-83H2,1-5H3/b10-8-,11-9-,16-14-,17-15-,22-20-,23-21-,28-26-,29-27-,34-32-,35-33-,39-38-,42-41-,45-44-,49-47-,50-48-,55-53-,56-54-,61-59-,62-60-. The zero-order valence-electron chi connectivity index (χ0n) is 61.0. The van der Waals surface area contributed by atoms with E-state index in [9.17, 15) is 19.0 Å². The molecule has 0 rings (SSSR count). The van der Waals surface area contributed by atoms with E-state index in [0.717, 1.165) is 193 Å². The molecule has 0 aromatic rings. The Labute approximate surface area is 588 Å². The second kappa shape index (κ2) is 73.3. The van der Waals surface area contributed by atoms with Crippen LogP contribution in [0.5, 0.6) is 0 Å². The van der Waals surface area contributed by atoms with Crippen LogP contribution in [0.3, 0.4) is 0 Å². The van der Waals surface area contributed by atoms with Crippen LogP contribution in [-0.2, 0) is 32.7 Å². The zero-order valence-corrected chi connectivity index (χ0v) is 61.9. The minimum atomic E-state index is -4.67. The topological polar surface area (TPSA) is 111 Å². The molecule has 0 spiro atoms. The highest BCUT2D eigenvalue weighted by molar-refractivity contribution is 7.45. The number of allylic oxidation sites excluding steroid dienone is 38. The molecule has 0 saturated heterocycles. The third-order valence-electron chi connectivity index (χ3n) is 14.7. The van der Waals surface area contributed by atoms with E-state index in [-0.39, 0.29) is 26.1 Å². The van der Waals surface area contributed by atoms with Crippen molar-refractivity contribution in [2.45, 2.75) is 251 Å². The third kappa shape index (κ3) is 77.1. The number of esters is 2. The number of nitrogens with zero attached hydrogens (tertiary/aromatic N) is 1. The van der Waals surface area contributed by atoms with Crippen molar-refractivity contribution in [3.05, 3.63) is 231 Å². The number of rotatable bonds is 65. The second-order valence-corrected chi connectivity index (χ2v) is 26.2. The van der Waals surface area contributed by atoms with Gasteiger partial charge in [0.1, 0.15) is 19.8 Å². The van der Waals surface area contributed by atoms with Crippen molar-refractivity contribution in [3.8, 4) is 0 Å². The summed E-state index contributed by atoms with van der Waals surface area (Å²) < 4.78 is 34.3. The SMILES string of the molecule is CC/C=C\C/C=C\C/C=C\C/C=C\C/C=C\C/C=C\C/C=C\C/C=C\C/C=C\C/C=C\C/C=C\CCCCCCCCCC(=O)OC(COC(=O)CCCCCCCC/C=C\C/C=C\C/C=C\C/C=C\C/C=C\C/C=C\C/C=C\C/C=C\CC)COP(=O)([O-])OCC[N+](C)(C)C. The van der Waals surface area contributed by atoms with Crippen LogP contribution in [0.15, 0.2) is 231 Å². The van der Waals surface area contributed by atoms with Crippen LogP contribution < -0.4 is 4.89 Å². The van der Waals surface area contributed by atoms with Crippen molar-refractivity contribution in [2.24, 2.45) is 0 Å². The highest BCUT2D eigenvalue weighted by Gasteiger charge is 2.22. The maximum Gasteiger partial charge on any atom is 0.306 e. The monoisotopic (exact) mass is 1340 g/mol. The summed E-state index contributed by atoms with van der Waals surface area (Å²) in [5, 5.41) is 0. The molecule has 0 aromatic carbocycles. The first kappa shape index (κ1) is 90.1. The number of likely N-dealkylation sites (N-methyl/N-ethyl adjacent to an activating group) is 1. The Balaban J connectivity index is 4.19. The van der Waals surface area contributed by atoms with Crippen LogP contribution in [0.1, 0.15) is 245 Å². The van der Waals surface area contributed by atoms with Gasteiger partial charge in [-0.05, 0) is 161 Å². The first-order valence-electron chi connectivity index (χ1n) is 37.1. The fourth-order valence-corrected chi connectivity index (χ4v) is 9.82. The molecule has 2 atom stereocenters. The Hall–Kier alpha value is -5.93. The highest BCUT2D eigenvalue weighted by atomic mass is 31.2. The fourth-order valence-electron chi connectivity index (χ4n) is 9.09. The summed E-state index contributed by atoms with van der Waals surface area (Å²) in [6.07, 6.45) is 118. The first-order valence-corrected chi connectivity index (χ1v) is 38.6. The average Bonchev–Trinajstić information content (AvgIpc) is 2.54. The lowest BCUT2D eigenvalue weighted by atomic mass is 10.1. The summed E-state index contributed by atoms with van der Waals surface area (Å²) in [6, 6.07) is 0. The summed E-state index contributed by atoms with van der Waals surface area (Å²) >= 11 is 0. The molecule has 9 nitrogen and oxygen atoms in total. The Morgan fingerprint density at radius 1 is 0.323 bits per heavy atom. The van der Waals surface area contributed by atoms with Crippen LogP contribution in [0.25, 0.3) is 0 Å². The van der Waals surface area contributed by atoms with E-state index in [1.807, 2.05) is 21.1 Å². The minimum Gasteiger partial charge on any atom is -0.756 e. The smallest absolute Gasteiger partial charge is 0.306 e. The summed E-state index contributed by atoms with van der Waals surface area (Å²) in [5.41, 5.74) is 0. The number of hydrogen-bond acceptors (Lipinski definition) is 8.